The molecule has 86 valence electrons. The maximum absolute atomic E-state index is 8.56. The zero-order valence-electron chi connectivity index (χ0n) is 9.12. The van der Waals surface area contributed by atoms with Crippen LogP contribution in [0.5, 0.6) is 0 Å². The topological polar surface area (TPSA) is 57.2 Å². The van der Waals surface area contributed by atoms with Crippen LogP contribution in [-0.4, -0.2) is 48.7 Å². The van der Waals surface area contributed by atoms with E-state index < -0.39 is 9.05 Å². The molecular formula is C8H20O5Si. The fraction of sp³-hybridized carbons (Fsp3) is 1.00. The molecule has 0 rings (SSSR count). The van der Waals surface area contributed by atoms with Crippen molar-refractivity contribution in [1.29, 1.82) is 0 Å². The molecule has 0 saturated heterocycles. The molecule has 0 bridgehead atoms. The van der Waals surface area contributed by atoms with Gasteiger partial charge < -0.3 is 22.8 Å². The van der Waals surface area contributed by atoms with Gasteiger partial charge in [-0.2, -0.15) is 0 Å². The van der Waals surface area contributed by atoms with Gasteiger partial charge in [0.05, 0.1) is 0 Å². The van der Waals surface area contributed by atoms with Crippen LogP contribution in [0.1, 0.15) is 19.3 Å². The van der Waals surface area contributed by atoms with Crippen LogP contribution in [0.3, 0.4) is 0 Å². The molecule has 0 spiro atoms. The van der Waals surface area contributed by atoms with Gasteiger partial charge in [0.25, 0.3) is 0 Å². The summed E-state index contributed by atoms with van der Waals surface area (Å²) < 4.78 is 20.6. The van der Waals surface area contributed by atoms with E-state index in [9.17, 15) is 0 Å². The Morgan fingerprint density at radius 2 is 1.50 bits per heavy atom. The summed E-state index contributed by atoms with van der Waals surface area (Å²) in [6.07, 6.45) is 2.59. The molecule has 6 heteroatoms. The van der Waals surface area contributed by atoms with Gasteiger partial charge in [0.15, 0.2) is 0 Å². The Kier molecular flexibility index (Phi) is 8.35. The van der Waals surface area contributed by atoms with E-state index in [1.807, 2.05) is 0 Å². The molecule has 0 aliphatic heterocycles. The van der Waals surface area contributed by atoms with Crippen molar-refractivity contribution in [2.75, 3.05) is 34.5 Å². The first-order chi connectivity index (χ1) is 6.74. The highest BCUT2D eigenvalue weighted by atomic mass is 28.4. The second-order valence-corrected chi connectivity index (χ2v) is 5.26. The molecule has 14 heavy (non-hydrogen) atoms. The van der Waals surface area contributed by atoms with Crippen LogP contribution in [0.2, 0.25) is 0 Å². The SMILES string of the molecule is CO[Si](OC)(OC)OCCCCCO. The van der Waals surface area contributed by atoms with E-state index in [2.05, 4.69) is 0 Å². The van der Waals surface area contributed by atoms with Crippen LogP contribution in [-0.2, 0) is 17.7 Å². The van der Waals surface area contributed by atoms with Crippen molar-refractivity contribution in [2.45, 2.75) is 19.3 Å². The van der Waals surface area contributed by atoms with Gasteiger partial charge >= 0.3 is 9.05 Å². The lowest BCUT2D eigenvalue weighted by atomic mass is 10.2. The summed E-state index contributed by atoms with van der Waals surface area (Å²) in [5, 5.41) is 8.56. The van der Waals surface area contributed by atoms with E-state index in [4.69, 9.17) is 22.8 Å². The number of unbranched alkanes of at least 4 members (excludes halogenated alkanes) is 2. The number of hydrogen-bond donors (Lipinski definition) is 1. The number of hydrogen-bond acceptors (Lipinski definition) is 5. The van der Waals surface area contributed by atoms with Gasteiger partial charge in [0.1, 0.15) is 0 Å². The van der Waals surface area contributed by atoms with Crippen molar-refractivity contribution >= 4 is 9.05 Å². The third-order valence-electron chi connectivity index (χ3n) is 1.83. The number of aliphatic hydroxyl groups is 1. The molecule has 0 amide bonds. The molecule has 1 N–H and O–H groups in total. The normalized spacial score (nSPS) is 12.0. The Morgan fingerprint density at radius 3 is 1.93 bits per heavy atom. The summed E-state index contributed by atoms with van der Waals surface area (Å²) in [7, 11) is 1.68. The van der Waals surface area contributed by atoms with Gasteiger partial charge in [-0.1, -0.05) is 0 Å². The Hall–Kier alpha value is 0.0169. The van der Waals surface area contributed by atoms with E-state index in [0.717, 1.165) is 19.3 Å². The first kappa shape index (κ1) is 14.0. The van der Waals surface area contributed by atoms with Gasteiger partial charge in [0.2, 0.25) is 0 Å². The minimum atomic E-state index is -2.84. The van der Waals surface area contributed by atoms with Crippen molar-refractivity contribution in [3.05, 3.63) is 0 Å². The van der Waals surface area contributed by atoms with E-state index in [-0.39, 0.29) is 6.61 Å². The average Bonchev–Trinajstić information content (AvgIpc) is 2.24. The standard InChI is InChI=1S/C8H20O5Si/c1-10-14(11-2,12-3)13-8-6-4-5-7-9/h9H,4-8H2,1-3H3. The number of aliphatic hydroxyl groups excluding tert-OH is 1. The molecule has 0 aromatic heterocycles. The predicted octanol–water partition coefficient (Wildman–Crippen LogP) is 0.540. The van der Waals surface area contributed by atoms with Gasteiger partial charge in [0, 0.05) is 34.5 Å². The summed E-state index contributed by atoms with van der Waals surface area (Å²) in [4.78, 5) is 0. The monoisotopic (exact) mass is 224 g/mol. The molecule has 0 atom stereocenters. The molecule has 0 aromatic rings. The second kappa shape index (κ2) is 8.34. The van der Waals surface area contributed by atoms with Gasteiger partial charge in [-0.05, 0) is 19.3 Å². The molecule has 0 unspecified atom stereocenters. The van der Waals surface area contributed by atoms with Crippen LogP contribution in [0, 0.1) is 0 Å². The van der Waals surface area contributed by atoms with E-state index in [1.54, 1.807) is 0 Å². The van der Waals surface area contributed by atoms with Crippen molar-refractivity contribution in [2.24, 2.45) is 0 Å². The van der Waals surface area contributed by atoms with Crippen molar-refractivity contribution in [3.63, 3.8) is 0 Å². The van der Waals surface area contributed by atoms with E-state index in [1.165, 1.54) is 21.3 Å². The smallest absolute Gasteiger partial charge is 0.396 e. The zero-order valence-corrected chi connectivity index (χ0v) is 10.1. The lowest BCUT2D eigenvalue weighted by Gasteiger charge is -2.22. The summed E-state index contributed by atoms with van der Waals surface area (Å²) >= 11 is 0. The van der Waals surface area contributed by atoms with Crippen LogP contribution >= 0.6 is 0 Å². The molecule has 0 heterocycles. The summed E-state index contributed by atoms with van der Waals surface area (Å²) in [5.41, 5.74) is 0. The number of rotatable bonds is 9. The molecule has 0 aliphatic rings. The lowest BCUT2D eigenvalue weighted by molar-refractivity contribution is 0.00494. The lowest BCUT2D eigenvalue weighted by Crippen LogP contribution is -2.46. The largest absolute Gasteiger partial charge is 0.678 e. The maximum Gasteiger partial charge on any atom is 0.678 e. The van der Waals surface area contributed by atoms with Crippen molar-refractivity contribution in [1.82, 2.24) is 0 Å². The van der Waals surface area contributed by atoms with Crippen molar-refractivity contribution < 1.29 is 22.8 Å². The zero-order chi connectivity index (χ0) is 10.9. The van der Waals surface area contributed by atoms with Crippen molar-refractivity contribution in [3.8, 4) is 0 Å². The van der Waals surface area contributed by atoms with Gasteiger partial charge in [-0.3, -0.25) is 0 Å². The third kappa shape index (κ3) is 5.04. The first-order valence-corrected chi connectivity index (χ1v) is 6.28. The summed E-state index contributed by atoms with van der Waals surface area (Å²) in [6, 6.07) is 0. The van der Waals surface area contributed by atoms with Crippen LogP contribution in [0.15, 0.2) is 0 Å². The highest BCUT2D eigenvalue weighted by molar-refractivity contribution is 6.53. The molecule has 5 nitrogen and oxygen atoms in total. The van der Waals surface area contributed by atoms with Crippen LogP contribution in [0.4, 0.5) is 0 Å². The fourth-order valence-electron chi connectivity index (χ4n) is 1.01. The highest BCUT2D eigenvalue weighted by Crippen LogP contribution is 2.09. The van der Waals surface area contributed by atoms with E-state index >= 15 is 0 Å². The minimum absolute atomic E-state index is 0.224. The van der Waals surface area contributed by atoms with Gasteiger partial charge in [-0.25, -0.2) is 0 Å². The Bertz CT molecular complexity index is 121. The Morgan fingerprint density at radius 1 is 0.929 bits per heavy atom. The van der Waals surface area contributed by atoms with Crippen LogP contribution in [0.25, 0.3) is 0 Å². The highest BCUT2D eigenvalue weighted by Gasteiger charge is 2.41. The van der Waals surface area contributed by atoms with Crippen LogP contribution < -0.4 is 0 Å². The Balaban J connectivity index is 3.61. The van der Waals surface area contributed by atoms with E-state index in [0.29, 0.717) is 6.61 Å². The first-order valence-electron chi connectivity index (χ1n) is 4.65. The maximum atomic E-state index is 8.56. The molecule has 0 radical (unpaired) electrons. The quantitative estimate of drug-likeness (QED) is 0.457. The minimum Gasteiger partial charge on any atom is -0.396 e. The second-order valence-electron chi connectivity index (χ2n) is 2.75. The summed E-state index contributed by atoms with van der Waals surface area (Å²) in [5.74, 6) is 0. The Labute approximate surface area is 86.4 Å². The molecule has 0 aliphatic carbocycles. The molecule has 0 aromatic carbocycles. The van der Waals surface area contributed by atoms with Gasteiger partial charge in [-0.15, -0.1) is 0 Å². The fourth-order valence-corrected chi connectivity index (χ4v) is 2.26. The third-order valence-corrected chi connectivity index (χ3v) is 3.89. The predicted molar refractivity (Wildman–Crippen MR) is 53.7 cm³/mol. The average molecular weight is 224 g/mol. The molecular weight excluding hydrogens is 204 g/mol. The molecule has 0 fully saturated rings. The molecule has 0 saturated carbocycles. The summed E-state index contributed by atoms with van der Waals surface area (Å²) in [6.45, 7) is 0.753.